The minimum atomic E-state index is -0.342. The number of carbonyl (C=O) groups is 1. The molecule has 1 atom stereocenters. The van der Waals surface area contributed by atoms with Gasteiger partial charge in [-0.25, -0.2) is 4.39 Å². The van der Waals surface area contributed by atoms with E-state index in [0.717, 1.165) is 12.8 Å². The number of amides is 1. The number of nitrogens with one attached hydrogen (secondary N) is 1. The van der Waals surface area contributed by atoms with E-state index in [1.54, 1.807) is 6.07 Å². The van der Waals surface area contributed by atoms with Crippen LogP contribution >= 0.6 is 22.9 Å². The molecule has 2 aromatic rings. The van der Waals surface area contributed by atoms with Crippen molar-refractivity contribution in [1.82, 2.24) is 5.32 Å². The number of fused-ring (bicyclic) bond motifs is 1. The third-order valence-corrected chi connectivity index (χ3v) is 4.92. The fourth-order valence-electron chi connectivity index (χ4n) is 2.01. The smallest absolute Gasteiger partial charge is 0.262 e. The molecule has 0 aliphatic rings. The molecule has 0 aliphatic heterocycles. The number of aliphatic hydroxyl groups is 1. The van der Waals surface area contributed by atoms with Gasteiger partial charge in [-0.2, -0.15) is 0 Å². The Labute approximate surface area is 131 Å². The highest BCUT2D eigenvalue weighted by Gasteiger charge is 2.17. The van der Waals surface area contributed by atoms with Gasteiger partial charge in [0.2, 0.25) is 0 Å². The fraction of sp³-hybridized carbons (Fsp3) is 0.400. The van der Waals surface area contributed by atoms with Crippen LogP contribution in [0.15, 0.2) is 18.2 Å². The standard InChI is InChI=1S/C15H17ClFNO2S/c1-9(8-19)3-2-6-18-15(20)14-13(16)11-5-4-10(17)7-12(11)21-14/h4-5,7,9,19H,2-3,6,8H2,1H3,(H,18,20). The zero-order chi connectivity index (χ0) is 15.4. The summed E-state index contributed by atoms with van der Waals surface area (Å²) < 4.78 is 13.8. The van der Waals surface area contributed by atoms with E-state index in [2.05, 4.69) is 5.32 Å². The second-order valence-corrected chi connectivity index (χ2v) is 6.50. The Morgan fingerprint density at radius 1 is 1.52 bits per heavy atom. The molecule has 1 unspecified atom stereocenters. The number of hydrogen-bond acceptors (Lipinski definition) is 3. The molecule has 114 valence electrons. The summed E-state index contributed by atoms with van der Waals surface area (Å²) in [5.41, 5.74) is 0. The van der Waals surface area contributed by atoms with E-state index in [0.29, 0.717) is 26.5 Å². The van der Waals surface area contributed by atoms with Crippen LogP contribution in [0.4, 0.5) is 4.39 Å². The van der Waals surface area contributed by atoms with Gasteiger partial charge in [0.05, 0.1) is 5.02 Å². The number of halogens is 2. The molecule has 0 aliphatic carbocycles. The van der Waals surface area contributed by atoms with E-state index in [9.17, 15) is 9.18 Å². The monoisotopic (exact) mass is 329 g/mol. The van der Waals surface area contributed by atoms with Crippen LogP contribution in [-0.2, 0) is 0 Å². The van der Waals surface area contributed by atoms with Gasteiger partial charge in [-0.3, -0.25) is 4.79 Å². The van der Waals surface area contributed by atoms with Crippen LogP contribution in [0.3, 0.4) is 0 Å². The molecule has 0 saturated heterocycles. The molecule has 0 saturated carbocycles. The molecule has 0 bridgehead atoms. The van der Waals surface area contributed by atoms with Crippen molar-refractivity contribution < 1.29 is 14.3 Å². The van der Waals surface area contributed by atoms with Crippen molar-refractivity contribution in [2.75, 3.05) is 13.2 Å². The molecule has 2 N–H and O–H groups in total. The molecule has 3 nitrogen and oxygen atoms in total. The molecule has 1 aromatic heterocycles. The summed E-state index contributed by atoms with van der Waals surface area (Å²) in [7, 11) is 0. The van der Waals surface area contributed by atoms with E-state index in [1.165, 1.54) is 23.5 Å². The lowest BCUT2D eigenvalue weighted by atomic mass is 10.1. The summed E-state index contributed by atoms with van der Waals surface area (Å²) in [4.78, 5) is 12.5. The summed E-state index contributed by atoms with van der Waals surface area (Å²) in [5, 5.41) is 12.8. The molecule has 21 heavy (non-hydrogen) atoms. The van der Waals surface area contributed by atoms with E-state index in [4.69, 9.17) is 16.7 Å². The van der Waals surface area contributed by atoms with E-state index >= 15 is 0 Å². The first kappa shape index (κ1) is 16.2. The van der Waals surface area contributed by atoms with Gasteiger partial charge in [-0.15, -0.1) is 11.3 Å². The molecular formula is C15H17ClFNO2S. The average molecular weight is 330 g/mol. The normalized spacial score (nSPS) is 12.6. The maximum Gasteiger partial charge on any atom is 0.262 e. The van der Waals surface area contributed by atoms with Gasteiger partial charge in [0.25, 0.3) is 5.91 Å². The Morgan fingerprint density at radius 3 is 3.00 bits per heavy atom. The first-order valence-electron chi connectivity index (χ1n) is 6.79. The lowest BCUT2D eigenvalue weighted by molar-refractivity contribution is 0.0956. The molecule has 0 spiro atoms. The molecular weight excluding hydrogens is 313 g/mol. The topological polar surface area (TPSA) is 49.3 Å². The Balaban J connectivity index is 2.01. The van der Waals surface area contributed by atoms with Gasteiger partial charge in [-0.1, -0.05) is 18.5 Å². The number of rotatable bonds is 6. The van der Waals surface area contributed by atoms with Crippen LogP contribution in [0, 0.1) is 11.7 Å². The summed E-state index contributed by atoms with van der Waals surface area (Å²) in [6.07, 6.45) is 1.65. The van der Waals surface area contributed by atoms with Crippen LogP contribution in [0.5, 0.6) is 0 Å². The van der Waals surface area contributed by atoms with Crippen LogP contribution < -0.4 is 5.32 Å². The van der Waals surface area contributed by atoms with Crippen molar-refractivity contribution in [2.45, 2.75) is 19.8 Å². The van der Waals surface area contributed by atoms with Gasteiger partial charge in [0.1, 0.15) is 10.7 Å². The first-order valence-corrected chi connectivity index (χ1v) is 7.99. The predicted molar refractivity (Wildman–Crippen MR) is 84.6 cm³/mol. The zero-order valence-corrected chi connectivity index (χ0v) is 13.2. The Hall–Kier alpha value is -1.17. The maximum absolute atomic E-state index is 13.2. The minimum absolute atomic E-state index is 0.154. The van der Waals surface area contributed by atoms with Crippen LogP contribution in [0.25, 0.3) is 10.1 Å². The average Bonchev–Trinajstić information content (AvgIpc) is 2.79. The quantitative estimate of drug-likeness (QED) is 0.791. The highest BCUT2D eigenvalue weighted by atomic mass is 35.5. The summed E-state index contributed by atoms with van der Waals surface area (Å²) in [5.74, 6) is -0.346. The SMILES string of the molecule is CC(CO)CCCNC(=O)c1sc2cc(F)ccc2c1Cl. The molecule has 1 heterocycles. The third-order valence-electron chi connectivity index (χ3n) is 3.27. The van der Waals surface area contributed by atoms with Gasteiger partial charge < -0.3 is 10.4 Å². The van der Waals surface area contributed by atoms with Gasteiger partial charge >= 0.3 is 0 Å². The number of benzene rings is 1. The second kappa shape index (κ2) is 7.20. The maximum atomic E-state index is 13.2. The third kappa shape index (κ3) is 3.93. The Morgan fingerprint density at radius 2 is 2.29 bits per heavy atom. The number of carbonyl (C=O) groups excluding carboxylic acids is 1. The molecule has 0 fully saturated rings. The van der Waals surface area contributed by atoms with Crippen molar-refractivity contribution >= 4 is 38.9 Å². The summed E-state index contributed by atoms with van der Waals surface area (Å²) >= 11 is 7.38. The first-order chi connectivity index (χ1) is 10.0. The fourth-order valence-corrected chi connectivity index (χ4v) is 3.47. The van der Waals surface area contributed by atoms with E-state index < -0.39 is 0 Å². The van der Waals surface area contributed by atoms with Gasteiger partial charge in [0.15, 0.2) is 0 Å². The highest BCUT2D eigenvalue weighted by molar-refractivity contribution is 7.21. The second-order valence-electron chi connectivity index (χ2n) is 5.07. The van der Waals surface area contributed by atoms with Crippen molar-refractivity contribution in [2.24, 2.45) is 5.92 Å². The molecule has 1 amide bonds. The molecule has 2 rings (SSSR count). The van der Waals surface area contributed by atoms with Crippen LogP contribution in [0.2, 0.25) is 5.02 Å². The lowest BCUT2D eigenvalue weighted by Gasteiger charge is -2.07. The van der Waals surface area contributed by atoms with E-state index in [1.807, 2.05) is 6.92 Å². The highest BCUT2D eigenvalue weighted by Crippen LogP contribution is 2.35. The zero-order valence-electron chi connectivity index (χ0n) is 11.7. The molecule has 1 aromatic carbocycles. The van der Waals surface area contributed by atoms with Crippen molar-refractivity contribution in [3.05, 3.63) is 33.9 Å². The number of hydrogen-bond donors (Lipinski definition) is 2. The van der Waals surface area contributed by atoms with Gasteiger partial charge in [0, 0.05) is 23.2 Å². The summed E-state index contributed by atoms with van der Waals surface area (Å²) in [6, 6.07) is 4.30. The van der Waals surface area contributed by atoms with Crippen molar-refractivity contribution in [3.63, 3.8) is 0 Å². The van der Waals surface area contributed by atoms with Crippen LogP contribution in [-0.4, -0.2) is 24.2 Å². The predicted octanol–water partition coefficient (Wildman–Crippen LogP) is 3.83. The van der Waals surface area contributed by atoms with Crippen molar-refractivity contribution in [3.8, 4) is 0 Å². The van der Waals surface area contributed by atoms with Crippen molar-refractivity contribution in [1.29, 1.82) is 0 Å². The number of thiophene rings is 1. The molecule has 6 heteroatoms. The molecule has 0 radical (unpaired) electrons. The summed E-state index contributed by atoms with van der Waals surface area (Å²) in [6.45, 7) is 2.64. The number of aliphatic hydroxyl groups excluding tert-OH is 1. The minimum Gasteiger partial charge on any atom is -0.396 e. The van der Waals surface area contributed by atoms with Crippen LogP contribution in [0.1, 0.15) is 29.4 Å². The van der Waals surface area contributed by atoms with Gasteiger partial charge in [-0.05, 0) is 37.0 Å². The Bertz CT molecular complexity index is 644. The largest absolute Gasteiger partial charge is 0.396 e. The lowest BCUT2D eigenvalue weighted by Crippen LogP contribution is -2.24. The Kier molecular flexibility index (Phi) is 5.56. The van der Waals surface area contributed by atoms with E-state index in [-0.39, 0.29) is 24.2 Å².